The van der Waals surface area contributed by atoms with E-state index in [-0.39, 0.29) is 11.8 Å². The van der Waals surface area contributed by atoms with Crippen molar-refractivity contribution in [2.45, 2.75) is 25.8 Å². The number of aromatic nitrogens is 3. The molecule has 6 heteroatoms. The second kappa shape index (κ2) is 6.64. The van der Waals surface area contributed by atoms with Crippen LogP contribution in [0.4, 0.5) is 0 Å². The molecule has 1 aliphatic heterocycles. The molecular formula is C22H20N4O2. The van der Waals surface area contributed by atoms with E-state index in [4.69, 9.17) is 4.52 Å². The van der Waals surface area contributed by atoms with Gasteiger partial charge in [-0.15, -0.1) is 0 Å². The molecule has 1 saturated heterocycles. The van der Waals surface area contributed by atoms with Crippen molar-refractivity contribution in [3.63, 3.8) is 0 Å². The molecule has 3 heterocycles. The minimum absolute atomic E-state index is 0.0422. The molecule has 1 unspecified atom stereocenters. The van der Waals surface area contributed by atoms with E-state index in [1.165, 1.54) is 11.1 Å². The lowest BCUT2D eigenvalue weighted by Crippen LogP contribution is -2.24. The number of rotatable bonds is 4. The number of carbonyl (C=O) groups excluding carboxylic acids is 1. The normalized spacial score (nSPS) is 17.0. The maximum atomic E-state index is 12.5. The summed E-state index contributed by atoms with van der Waals surface area (Å²) in [5.41, 5.74) is 4.29. The molecule has 0 aliphatic carbocycles. The molecule has 2 aromatic heterocycles. The summed E-state index contributed by atoms with van der Waals surface area (Å²) >= 11 is 0. The SMILES string of the molecule is Cc1ccccc1CN1CC(c2noc(-c3cccc4[nH]ccc34)n2)CC1=O. The molecule has 4 aromatic rings. The van der Waals surface area contributed by atoms with E-state index >= 15 is 0 Å². The summed E-state index contributed by atoms with van der Waals surface area (Å²) in [6.07, 6.45) is 2.31. The van der Waals surface area contributed by atoms with Crippen molar-refractivity contribution in [1.82, 2.24) is 20.0 Å². The van der Waals surface area contributed by atoms with Crippen molar-refractivity contribution < 1.29 is 9.32 Å². The molecule has 140 valence electrons. The van der Waals surface area contributed by atoms with Gasteiger partial charge >= 0.3 is 0 Å². The van der Waals surface area contributed by atoms with Gasteiger partial charge < -0.3 is 14.4 Å². The van der Waals surface area contributed by atoms with Gasteiger partial charge in [-0.2, -0.15) is 4.98 Å². The molecule has 1 atom stereocenters. The zero-order chi connectivity index (χ0) is 19.1. The average Bonchev–Trinajstić information content (AvgIpc) is 3.43. The molecule has 6 nitrogen and oxygen atoms in total. The lowest BCUT2D eigenvalue weighted by atomic mass is 10.1. The number of amides is 1. The smallest absolute Gasteiger partial charge is 0.258 e. The van der Waals surface area contributed by atoms with Gasteiger partial charge in [-0.3, -0.25) is 4.79 Å². The Bertz CT molecular complexity index is 1160. The highest BCUT2D eigenvalue weighted by Crippen LogP contribution is 2.31. The first-order valence-electron chi connectivity index (χ1n) is 9.41. The molecule has 1 N–H and O–H groups in total. The van der Waals surface area contributed by atoms with Crippen molar-refractivity contribution in [3.8, 4) is 11.5 Å². The van der Waals surface area contributed by atoms with E-state index in [9.17, 15) is 4.79 Å². The van der Waals surface area contributed by atoms with Crippen LogP contribution in [0, 0.1) is 6.92 Å². The Balaban J connectivity index is 1.37. The summed E-state index contributed by atoms with van der Waals surface area (Å²) in [6, 6.07) is 16.1. The van der Waals surface area contributed by atoms with Gasteiger partial charge in [-0.25, -0.2) is 0 Å². The molecule has 0 bridgehead atoms. The number of hydrogen-bond donors (Lipinski definition) is 1. The molecule has 28 heavy (non-hydrogen) atoms. The van der Waals surface area contributed by atoms with Crippen LogP contribution in [0.25, 0.3) is 22.4 Å². The van der Waals surface area contributed by atoms with Gasteiger partial charge in [-0.05, 0) is 36.2 Å². The zero-order valence-electron chi connectivity index (χ0n) is 15.6. The van der Waals surface area contributed by atoms with Gasteiger partial charge in [0.05, 0.1) is 0 Å². The van der Waals surface area contributed by atoms with Crippen LogP contribution in [-0.2, 0) is 11.3 Å². The van der Waals surface area contributed by atoms with E-state index in [0.717, 1.165) is 16.5 Å². The summed E-state index contributed by atoms with van der Waals surface area (Å²) in [7, 11) is 0. The van der Waals surface area contributed by atoms with Crippen LogP contribution in [0.15, 0.2) is 59.3 Å². The standard InChI is InChI=1S/C22H20N4O2/c1-14-5-2-3-6-15(14)12-26-13-16(11-20(26)27)21-24-22(28-25-21)18-7-4-8-19-17(18)9-10-23-19/h2-10,16,23H,11-13H2,1H3. The molecule has 2 aromatic carbocycles. The number of nitrogens with zero attached hydrogens (tertiary/aromatic N) is 3. The molecule has 1 aliphatic rings. The highest BCUT2D eigenvalue weighted by Gasteiger charge is 2.34. The predicted octanol–water partition coefficient (Wildman–Crippen LogP) is 4.04. The van der Waals surface area contributed by atoms with Crippen LogP contribution in [0.5, 0.6) is 0 Å². The van der Waals surface area contributed by atoms with Crippen LogP contribution in [-0.4, -0.2) is 32.5 Å². The molecule has 0 saturated carbocycles. The third-order valence-electron chi connectivity index (χ3n) is 5.47. The Morgan fingerprint density at radius 1 is 1.18 bits per heavy atom. The monoisotopic (exact) mass is 372 g/mol. The van der Waals surface area contributed by atoms with Crippen LogP contribution >= 0.6 is 0 Å². The number of fused-ring (bicyclic) bond motifs is 1. The highest BCUT2D eigenvalue weighted by molar-refractivity contribution is 5.92. The molecule has 1 amide bonds. The van der Waals surface area contributed by atoms with Crippen LogP contribution in [0.2, 0.25) is 0 Å². The van der Waals surface area contributed by atoms with Crippen molar-refractivity contribution in [2.75, 3.05) is 6.54 Å². The predicted molar refractivity (Wildman–Crippen MR) is 106 cm³/mol. The second-order valence-electron chi connectivity index (χ2n) is 7.30. The van der Waals surface area contributed by atoms with Crippen molar-refractivity contribution in [1.29, 1.82) is 0 Å². The Kier molecular flexibility index (Phi) is 3.97. The number of aromatic amines is 1. The van der Waals surface area contributed by atoms with E-state index in [1.54, 1.807) is 0 Å². The highest BCUT2D eigenvalue weighted by atomic mass is 16.5. The Hall–Kier alpha value is -3.41. The van der Waals surface area contributed by atoms with Crippen molar-refractivity contribution in [3.05, 3.63) is 71.7 Å². The van der Waals surface area contributed by atoms with E-state index < -0.39 is 0 Å². The van der Waals surface area contributed by atoms with Gasteiger partial charge in [0.15, 0.2) is 5.82 Å². The van der Waals surface area contributed by atoms with E-state index in [2.05, 4.69) is 34.2 Å². The quantitative estimate of drug-likeness (QED) is 0.587. The molecule has 1 fully saturated rings. The molecule has 0 radical (unpaired) electrons. The number of H-pyrrole nitrogens is 1. The summed E-state index contributed by atoms with van der Waals surface area (Å²) < 4.78 is 5.54. The number of aryl methyl sites for hydroxylation is 1. The largest absolute Gasteiger partial charge is 0.361 e. The maximum absolute atomic E-state index is 12.5. The number of nitrogens with one attached hydrogen (secondary N) is 1. The fourth-order valence-corrected chi connectivity index (χ4v) is 3.87. The van der Waals surface area contributed by atoms with Gasteiger partial charge in [0, 0.05) is 48.1 Å². The lowest BCUT2D eigenvalue weighted by molar-refractivity contribution is -0.128. The van der Waals surface area contributed by atoms with E-state index in [0.29, 0.717) is 31.2 Å². The topological polar surface area (TPSA) is 75.0 Å². The lowest BCUT2D eigenvalue weighted by Gasteiger charge is -2.17. The molecule has 0 spiro atoms. The van der Waals surface area contributed by atoms with Crippen LogP contribution in [0.3, 0.4) is 0 Å². The van der Waals surface area contributed by atoms with Crippen molar-refractivity contribution in [2.24, 2.45) is 0 Å². The molecule has 5 rings (SSSR count). The first-order chi connectivity index (χ1) is 13.7. The zero-order valence-corrected chi connectivity index (χ0v) is 15.6. The van der Waals surface area contributed by atoms with E-state index in [1.807, 2.05) is 47.5 Å². The first-order valence-corrected chi connectivity index (χ1v) is 9.41. The summed E-state index contributed by atoms with van der Waals surface area (Å²) in [4.78, 5) is 22.2. The number of carbonyl (C=O) groups is 1. The summed E-state index contributed by atoms with van der Waals surface area (Å²) in [6.45, 7) is 3.30. The third-order valence-corrected chi connectivity index (χ3v) is 5.47. The van der Waals surface area contributed by atoms with Crippen LogP contribution in [0.1, 0.15) is 29.3 Å². The minimum Gasteiger partial charge on any atom is -0.361 e. The molecular weight excluding hydrogens is 352 g/mol. The summed E-state index contributed by atoms with van der Waals surface area (Å²) in [5, 5.41) is 5.23. The van der Waals surface area contributed by atoms with Gasteiger partial charge in [0.2, 0.25) is 5.91 Å². The number of likely N-dealkylation sites (tertiary alicyclic amines) is 1. The fourth-order valence-electron chi connectivity index (χ4n) is 3.87. The first kappa shape index (κ1) is 16.7. The number of hydrogen-bond acceptors (Lipinski definition) is 4. The van der Waals surface area contributed by atoms with Crippen LogP contribution < -0.4 is 0 Å². The minimum atomic E-state index is -0.0422. The summed E-state index contributed by atoms with van der Waals surface area (Å²) in [5.74, 6) is 1.18. The third kappa shape index (κ3) is 2.87. The fraction of sp³-hybridized carbons (Fsp3) is 0.227. The Morgan fingerprint density at radius 3 is 2.96 bits per heavy atom. The van der Waals surface area contributed by atoms with Gasteiger partial charge in [-0.1, -0.05) is 35.5 Å². The Labute approximate surface area is 162 Å². The Morgan fingerprint density at radius 2 is 2.07 bits per heavy atom. The maximum Gasteiger partial charge on any atom is 0.258 e. The van der Waals surface area contributed by atoms with Gasteiger partial charge in [0.25, 0.3) is 5.89 Å². The number of benzene rings is 2. The van der Waals surface area contributed by atoms with Gasteiger partial charge in [0.1, 0.15) is 0 Å². The second-order valence-corrected chi connectivity index (χ2v) is 7.30. The van der Waals surface area contributed by atoms with Crippen molar-refractivity contribution >= 4 is 16.8 Å². The average molecular weight is 372 g/mol.